The van der Waals surface area contributed by atoms with E-state index in [0.29, 0.717) is 11.4 Å². The molecule has 0 saturated heterocycles. The molecular formula is C10H7ClN4O. The van der Waals surface area contributed by atoms with Crippen molar-refractivity contribution in [2.45, 2.75) is 0 Å². The van der Waals surface area contributed by atoms with Crippen LogP contribution in [0.15, 0.2) is 36.9 Å². The van der Waals surface area contributed by atoms with Gasteiger partial charge in [-0.25, -0.2) is 9.97 Å². The zero-order valence-electron chi connectivity index (χ0n) is 8.09. The average molecular weight is 235 g/mol. The van der Waals surface area contributed by atoms with Crippen molar-refractivity contribution in [3.8, 4) is 0 Å². The van der Waals surface area contributed by atoms with Gasteiger partial charge >= 0.3 is 0 Å². The summed E-state index contributed by atoms with van der Waals surface area (Å²) in [7, 11) is 0. The highest BCUT2D eigenvalue weighted by molar-refractivity contribution is 6.29. The molecule has 6 heteroatoms. The van der Waals surface area contributed by atoms with E-state index in [1.807, 2.05) is 0 Å². The predicted molar refractivity (Wildman–Crippen MR) is 59.2 cm³/mol. The Morgan fingerprint density at radius 2 is 2.25 bits per heavy atom. The molecule has 2 aromatic heterocycles. The molecule has 2 rings (SSSR count). The van der Waals surface area contributed by atoms with E-state index in [4.69, 9.17) is 11.6 Å². The minimum Gasteiger partial charge on any atom is -0.306 e. The molecule has 0 aliphatic rings. The van der Waals surface area contributed by atoms with Crippen LogP contribution in [-0.4, -0.2) is 20.9 Å². The summed E-state index contributed by atoms with van der Waals surface area (Å²) in [4.78, 5) is 23.1. The van der Waals surface area contributed by atoms with Gasteiger partial charge in [0, 0.05) is 18.5 Å². The fraction of sp³-hybridized carbons (Fsp3) is 0. The quantitative estimate of drug-likeness (QED) is 0.805. The summed E-state index contributed by atoms with van der Waals surface area (Å²) in [5.41, 5.74) is 0.456. The SMILES string of the molecule is O=C(Nc1cc(Cl)ncn1)c1cccnc1. The molecular weight excluding hydrogens is 228 g/mol. The Bertz CT molecular complexity index is 503. The standard InChI is InChI=1S/C10H7ClN4O/c11-8-4-9(14-6-13-8)15-10(16)7-2-1-3-12-5-7/h1-6H,(H,13,14,15,16). The van der Waals surface area contributed by atoms with Crippen LogP contribution in [0.25, 0.3) is 0 Å². The van der Waals surface area contributed by atoms with Crippen LogP contribution in [-0.2, 0) is 0 Å². The lowest BCUT2D eigenvalue weighted by molar-refractivity contribution is 0.102. The normalized spacial score (nSPS) is 9.81. The Morgan fingerprint density at radius 1 is 1.38 bits per heavy atom. The first-order valence-corrected chi connectivity index (χ1v) is 4.82. The van der Waals surface area contributed by atoms with Gasteiger partial charge in [0.2, 0.25) is 0 Å². The van der Waals surface area contributed by atoms with E-state index in [0.717, 1.165) is 0 Å². The Morgan fingerprint density at radius 3 is 2.94 bits per heavy atom. The van der Waals surface area contributed by atoms with Crippen LogP contribution < -0.4 is 5.32 Å². The Balaban J connectivity index is 2.14. The lowest BCUT2D eigenvalue weighted by atomic mass is 10.3. The molecule has 2 heterocycles. The van der Waals surface area contributed by atoms with Crippen molar-refractivity contribution < 1.29 is 4.79 Å². The van der Waals surface area contributed by atoms with Gasteiger partial charge in [0.15, 0.2) is 0 Å². The predicted octanol–water partition coefficient (Wildman–Crippen LogP) is 1.78. The van der Waals surface area contributed by atoms with E-state index in [1.165, 1.54) is 18.6 Å². The van der Waals surface area contributed by atoms with Crippen molar-refractivity contribution in [1.29, 1.82) is 0 Å². The number of carbonyl (C=O) groups is 1. The number of anilines is 1. The first-order valence-electron chi connectivity index (χ1n) is 4.44. The zero-order chi connectivity index (χ0) is 11.4. The van der Waals surface area contributed by atoms with Crippen LogP contribution in [0.1, 0.15) is 10.4 Å². The van der Waals surface area contributed by atoms with Crippen molar-refractivity contribution in [2.24, 2.45) is 0 Å². The molecule has 16 heavy (non-hydrogen) atoms. The number of nitrogens with zero attached hydrogens (tertiary/aromatic N) is 3. The molecule has 2 aromatic rings. The van der Waals surface area contributed by atoms with Gasteiger partial charge < -0.3 is 5.32 Å². The van der Waals surface area contributed by atoms with Crippen molar-refractivity contribution in [3.63, 3.8) is 0 Å². The van der Waals surface area contributed by atoms with Gasteiger partial charge in [0.05, 0.1) is 5.56 Å². The number of pyridine rings is 1. The molecule has 0 fully saturated rings. The minimum atomic E-state index is -0.289. The highest BCUT2D eigenvalue weighted by Gasteiger charge is 2.06. The number of carbonyl (C=O) groups excluding carboxylic acids is 1. The summed E-state index contributed by atoms with van der Waals surface area (Å²) in [5.74, 6) is 0.0664. The van der Waals surface area contributed by atoms with Crippen LogP contribution >= 0.6 is 11.6 Å². The molecule has 1 N–H and O–H groups in total. The highest BCUT2D eigenvalue weighted by Crippen LogP contribution is 2.09. The molecule has 0 saturated carbocycles. The third kappa shape index (κ3) is 2.52. The number of hydrogen-bond donors (Lipinski definition) is 1. The summed E-state index contributed by atoms with van der Waals surface area (Å²) in [6.07, 6.45) is 4.34. The number of amides is 1. The van der Waals surface area contributed by atoms with Gasteiger partial charge in [-0.1, -0.05) is 11.6 Å². The van der Waals surface area contributed by atoms with E-state index < -0.39 is 0 Å². The monoisotopic (exact) mass is 234 g/mol. The van der Waals surface area contributed by atoms with Crippen molar-refractivity contribution in [1.82, 2.24) is 15.0 Å². The molecule has 0 atom stereocenters. The summed E-state index contributed by atoms with van der Waals surface area (Å²) >= 11 is 5.66. The smallest absolute Gasteiger partial charge is 0.258 e. The maximum atomic E-state index is 11.7. The summed E-state index contributed by atoms with van der Waals surface area (Å²) < 4.78 is 0. The Hall–Kier alpha value is -2.01. The fourth-order valence-electron chi connectivity index (χ4n) is 1.09. The zero-order valence-corrected chi connectivity index (χ0v) is 8.85. The van der Waals surface area contributed by atoms with Gasteiger partial charge in [-0.05, 0) is 12.1 Å². The van der Waals surface area contributed by atoms with Gasteiger partial charge in [-0.3, -0.25) is 9.78 Å². The second-order valence-corrected chi connectivity index (χ2v) is 3.31. The van der Waals surface area contributed by atoms with Crippen LogP contribution in [0.2, 0.25) is 5.15 Å². The van der Waals surface area contributed by atoms with Crippen molar-refractivity contribution in [3.05, 3.63) is 47.6 Å². The maximum absolute atomic E-state index is 11.7. The number of hydrogen-bond acceptors (Lipinski definition) is 4. The second-order valence-electron chi connectivity index (χ2n) is 2.92. The number of nitrogens with one attached hydrogen (secondary N) is 1. The van der Waals surface area contributed by atoms with Crippen molar-refractivity contribution >= 4 is 23.3 Å². The first kappa shape index (κ1) is 10.5. The molecule has 1 amide bonds. The van der Waals surface area contributed by atoms with E-state index in [1.54, 1.807) is 18.3 Å². The average Bonchev–Trinajstić information content (AvgIpc) is 2.30. The van der Waals surface area contributed by atoms with E-state index in [9.17, 15) is 4.79 Å². The Kier molecular flexibility index (Phi) is 3.07. The van der Waals surface area contributed by atoms with Gasteiger partial charge in [-0.15, -0.1) is 0 Å². The van der Waals surface area contributed by atoms with Crippen LogP contribution in [0.5, 0.6) is 0 Å². The molecule has 0 radical (unpaired) electrons. The van der Waals surface area contributed by atoms with Gasteiger partial charge in [0.1, 0.15) is 17.3 Å². The molecule has 0 aliphatic heterocycles. The molecule has 0 unspecified atom stereocenters. The molecule has 0 bridgehead atoms. The van der Waals surface area contributed by atoms with E-state index in [-0.39, 0.29) is 11.1 Å². The van der Waals surface area contributed by atoms with E-state index in [2.05, 4.69) is 20.3 Å². The summed E-state index contributed by atoms with van der Waals surface area (Å²) in [6, 6.07) is 4.81. The second kappa shape index (κ2) is 4.67. The fourth-order valence-corrected chi connectivity index (χ4v) is 1.23. The summed E-state index contributed by atoms with van der Waals surface area (Å²) in [6.45, 7) is 0. The summed E-state index contributed by atoms with van der Waals surface area (Å²) in [5, 5.41) is 2.86. The van der Waals surface area contributed by atoms with Gasteiger partial charge in [0.25, 0.3) is 5.91 Å². The minimum absolute atomic E-state index is 0.275. The molecule has 5 nitrogen and oxygen atoms in total. The third-order valence-corrected chi connectivity index (χ3v) is 2.01. The van der Waals surface area contributed by atoms with Crippen LogP contribution in [0.3, 0.4) is 0 Å². The number of aromatic nitrogens is 3. The number of halogens is 1. The third-order valence-electron chi connectivity index (χ3n) is 1.80. The largest absolute Gasteiger partial charge is 0.306 e. The maximum Gasteiger partial charge on any atom is 0.258 e. The highest BCUT2D eigenvalue weighted by atomic mass is 35.5. The van der Waals surface area contributed by atoms with Crippen molar-refractivity contribution in [2.75, 3.05) is 5.32 Å². The lowest BCUT2D eigenvalue weighted by Gasteiger charge is -2.03. The molecule has 80 valence electrons. The molecule has 0 spiro atoms. The Labute approximate surface area is 96.5 Å². The molecule has 0 aliphatic carbocycles. The van der Waals surface area contributed by atoms with E-state index >= 15 is 0 Å². The molecule has 0 aromatic carbocycles. The topological polar surface area (TPSA) is 67.8 Å². The first-order chi connectivity index (χ1) is 7.75. The number of rotatable bonds is 2. The van der Waals surface area contributed by atoms with Crippen LogP contribution in [0.4, 0.5) is 5.82 Å². The van der Waals surface area contributed by atoms with Gasteiger partial charge in [-0.2, -0.15) is 0 Å². The van der Waals surface area contributed by atoms with Crippen LogP contribution in [0, 0.1) is 0 Å². The lowest BCUT2D eigenvalue weighted by Crippen LogP contribution is -2.13.